The third-order valence-corrected chi connectivity index (χ3v) is 1.58. The van der Waals surface area contributed by atoms with Crippen LogP contribution >= 0.6 is 0 Å². The van der Waals surface area contributed by atoms with E-state index in [-0.39, 0.29) is 5.95 Å². The molecule has 0 aromatic carbocycles. The quantitative estimate of drug-likeness (QED) is 0.774. The number of carboxylic acids is 1. The van der Waals surface area contributed by atoms with Gasteiger partial charge in [0.25, 0.3) is 0 Å². The van der Waals surface area contributed by atoms with Crippen molar-refractivity contribution >= 4 is 11.9 Å². The summed E-state index contributed by atoms with van der Waals surface area (Å²) in [6, 6.07) is 0. The molecule has 0 radical (unpaired) electrons. The van der Waals surface area contributed by atoms with Crippen LogP contribution in [0.25, 0.3) is 0 Å². The van der Waals surface area contributed by atoms with E-state index >= 15 is 0 Å². The highest BCUT2D eigenvalue weighted by molar-refractivity contribution is 5.72. The average molecular weight is 239 g/mol. The highest BCUT2D eigenvalue weighted by Gasteiger charge is 2.33. The molecule has 0 amide bonds. The number of aliphatic carboxylic acids is 1. The molecular formula is C6H8F3N5O2. The van der Waals surface area contributed by atoms with Crippen LogP contribution in [0.1, 0.15) is 0 Å². The van der Waals surface area contributed by atoms with E-state index in [1.165, 1.54) is 7.05 Å². The van der Waals surface area contributed by atoms with Gasteiger partial charge in [0.2, 0.25) is 5.95 Å². The molecule has 16 heavy (non-hydrogen) atoms. The first-order valence-electron chi connectivity index (χ1n) is 4.05. The van der Waals surface area contributed by atoms with Crippen LogP contribution in [0.3, 0.4) is 0 Å². The lowest BCUT2D eigenvalue weighted by Gasteiger charge is -2.21. The Hall–Kier alpha value is -1.87. The SMILES string of the molecule is Cn1nnnc1N(CC(=O)O)CC(F)(F)F. The van der Waals surface area contributed by atoms with Gasteiger partial charge in [0.1, 0.15) is 13.1 Å². The number of alkyl halides is 3. The molecule has 1 aromatic heterocycles. The Morgan fingerprint density at radius 1 is 1.56 bits per heavy atom. The smallest absolute Gasteiger partial charge is 0.406 e. The molecule has 1 rings (SSSR count). The number of aromatic nitrogens is 4. The molecule has 1 heterocycles. The molecule has 0 saturated carbocycles. The van der Waals surface area contributed by atoms with Gasteiger partial charge < -0.3 is 10.0 Å². The second-order valence-electron chi connectivity index (χ2n) is 2.97. The first-order chi connectivity index (χ1) is 7.29. The number of hydrogen-bond donors (Lipinski definition) is 1. The molecule has 1 aromatic rings. The highest BCUT2D eigenvalue weighted by atomic mass is 19.4. The molecule has 7 nitrogen and oxygen atoms in total. The summed E-state index contributed by atoms with van der Waals surface area (Å²) in [6.45, 7) is -2.25. The number of halogens is 3. The van der Waals surface area contributed by atoms with Gasteiger partial charge in [-0.15, -0.1) is 0 Å². The molecule has 0 aliphatic heterocycles. The van der Waals surface area contributed by atoms with E-state index in [1.807, 2.05) is 0 Å². The van der Waals surface area contributed by atoms with Crippen LogP contribution < -0.4 is 4.90 Å². The van der Waals surface area contributed by atoms with E-state index in [9.17, 15) is 18.0 Å². The topological polar surface area (TPSA) is 84.1 Å². The van der Waals surface area contributed by atoms with E-state index in [4.69, 9.17) is 5.11 Å². The Morgan fingerprint density at radius 2 is 2.19 bits per heavy atom. The van der Waals surface area contributed by atoms with Crippen LogP contribution in [0.15, 0.2) is 0 Å². The monoisotopic (exact) mass is 239 g/mol. The third-order valence-electron chi connectivity index (χ3n) is 1.58. The molecule has 0 unspecified atom stereocenters. The van der Waals surface area contributed by atoms with Crippen LogP contribution in [0, 0.1) is 0 Å². The molecule has 0 aliphatic carbocycles. The fraction of sp³-hybridized carbons (Fsp3) is 0.667. The molecule has 0 saturated heterocycles. The maximum Gasteiger partial charge on any atom is 0.406 e. The lowest BCUT2D eigenvalue weighted by atomic mass is 10.5. The Labute approximate surface area is 87.5 Å². The summed E-state index contributed by atoms with van der Waals surface area (Å²) in [5.74, 6) is -1.65. The van der Waals surface area contributed by atoms with E-state index in [0.29, 0.717) is 4.90 Å². The van der Waals surface area contributed by atoms with E-state index < -0.39 is 25.2 Å². The van der Waals surface area contributed by atoms with Gasteiger partial charge in [-0.05, 0) is 10.4 Å². The first kappa shape index (κ1) is 12.2. The summed E-state index contributed by atoms with van der Waals surface area (Å²) in [5.41, 5.74) is 0. The van der Waals surface area contributed by atoms with Gasteiger partial charge in [0.15, 0.2) is 0 Å². The largest absolute Gasteiger partial charge is 0.480 e. The Balaban J connectivity index is 2.88. The van der Waals surface area contributed by atoms with Gasteiger partial charge >= 0.3 is 12.1 Å². The lowest BCUT2D eigenvalue weighted by molar-refractivity contribution is -0.136. The van der Waals surface area contributed by atoms with Crippen molar-refractivity contribution in [3.63, 3.8) is 0 Å². The summed E-state index contributed by atoms with van der Waals surface area (Å²) in [4.78, 5) is 10.9. The summed E-state index contributed by atoms with van der Waals surface area (Å²) in [7, 11) is 1.32. The summed E-state index contributed by atoms with van der Waals surface area (Å²) >= 11 is 0. The van der Waals surface area contributed by atoms with Crippen LogP contribution in [0.5, 0.6) is 0 Å². The van der Waals surface area contributed by atoms with Crippen LogP contribution in [-0.2, 0) is 11.8 Å². The molecule has 90 valence electrons. The number of nitrogens with zero attached hydrogens (tertiary/aromatic N) is 5. The van der Waals surface area contributed by atoms with Gasteiger partial charge in [-0.2, -0.15) is 13.2 Å². The minimum Gasteiger partial charge on any atom is -0.480 e. The van der Waals surface area contributed by atoms with Crippen molar-refractivity contribution in [1.29, 1.82) is 0 Å². The second-order valence-corrected chi connectivity index (χ2v) is 2.97. The first-order valence-corrected chi connectivity index (χ1v) is 4.05. The zero-order chi connectivity index (χ0) is 12.3. The molecule has 0 spiro atoms. The summed E-state index contributed by atoms with van der Waals surface area (Å²) in [6.07, 6.45) is -4.53. The molecule has 0 bridgehead atoms. The minimum absolute atomic E-state index is 0.250. The van der Waals surface area contributed by atoms with Gasteiger partial charge in [0, 0.05) is 7.05 Å². The molecular weight excluding hydrogens is 231 g/mol. The van der Waals surface area contributed by atoms with Gasteiger partial charge in [-0.1, -0.05) is 5.10 Å². The van der Waals surface area contributed by atoms with Crippen molar-refractivity contribution in [3.05, 3.63) is 0 Å². The highest BCUT2D eigenvalue weighted by Crippen LogP contribution is 2.19. The number of anilines is 1. The third kappa shape index (κ3) is 3.37. The predicted molar refractivity (Wildman–Crippen MR) is 44.7 cm³/mol. The van der Waals surface area contributed by atoms with Gasteiger partial charge in [-0.3, -0.25) is 4.79 Å². The van der Waals surface area contributed by atoms with E-state index in [2.05, 4.69) is 15.5 Å². The number of carbonyl (C=O) groups is 1. The van der Waals surface area contributed by atoms with Gasteiger partial charge in [0.05, 0.1) is 0 Å². The Kier molecular flexibility index (Phi) is 3.30. The lowest BCUT2D eigenvalue weighted by Crippen LogP contribution is -2.39. The number of hydrogen-bond acceptors (Lipinski definition) is 5. The van der Waals surface area contributed by atoms with Crippen LogP contribution in [-0.4, -0.2) is 50.5 Å². The zero-order valence-electron chi connectivity index (χ0n) is 8.14. The van der Waals surface area contributed by atoms with E-state index in [0.717, 1.165) is 4.68 Å². The molecule has 0 fully saturated rings. The second kappa shape index (κ2) is 4.33. The molecule has 1 N–H and O–H groups in total. The van der Waals surface area contributed by atoms with Crippen LogP contribution in [0.2, 0.25) is 0 Å². The fourth-order valence-corrected chi connectivity index (χ4v) is 1.07. The standard InChI is InChI=1S/C6H8F3N5O2/c1-13-5(10-11-12-13)14(2-4(15)16)3-6(7,8)9/h2-3H2,1H3,(H,15,16). The Bertz CT molecular complexity index is 376. The maximum atomic E-state index is 12.2. The van der Waals surface area contributed by atoms with Crippen molar-refractivity contribution < 1.29 is 23.1 Å². The summed E-state index contributed by atoms with van der Waals surface area (Å²) < 4.78 is 37.5. The normalized spacial score (nSPS) is 11.5. The maximum absolute atomic E-state index is 12.2. The van der Waals surface area contributed by atoms with Gasteiger partial charge in [-0.25, -0.2) is 4.68 Å². The van der Waals surface area contributed by atoms with Crippen molar-refractivity contribution in [2.75, 3.05) is 18.0 Å². The minimum atomic E-state index is -4.53. The molecule has 10 heteroatoms. The van der Waals surface area contributed by atoms with Crippen molar-refractivity contribution in [2.24, 2.45) is 7.05 Å². The van der Waals surface area contributed by atoms with Crippen molar-refractivity contribution in [1.82, 2.24) is 20.2 Å². The molecule has 0 atom stereocenters. The number of carboxylic acid groups (broad SMARTS) is 1. The number of aryl methyl sites for hydroxylation is 1. The number of tetrazole rings is 1. The predicted octanol–water partition coefficient (Wildman–Crippen LogP) is -0.337. The Morgan fingerprint density at radius 3 is 2.56 bits per heavy atom. The average Bonchev–Trinajstić information content (AvgIpc) is 2.46. The summed E-state index contributed by atoms with van der Waals surface area (Å²) in [5, 5.41) is 18.3. The van der Waals surface area contributed by atoms with Crippen molar-refractivity contribution in [2.45, 2.75) is 6.18 Å². The van der Waals surface area contributed by atoms with Crippen LogP contribution in [0.4, 0.5) is 19.1 Å². The molecule has 0 aliphatic rings. The fourth-order valence-electron chi connectivity index (χ4n) is 1.07. The zero-order valence-corrected chi connectivity index (χ0v) is 8.14. The number of rotatable bonds is 4. The van der Waals surface area contributed by atoms with Crippen molar-refractivity contribution in [3.8, 4) is 0 Å². The van der Waals surface area contributed by atoms with E-state index in [1.54, 1.807) is 0 Å².